The summed E-state index contributed by atoms with van der Waals surface area (Å²) in [6.45, 7) is 1.40. The molecule has 0 spiro atoms. The Labute approximate surface area is 232 Å². The van der Waals surface area contributed by atoms with Crippen LogP contribution in [0.25, 0.3) is 12.2 Å². The molecule has 182 valence electrons. The maximum Gasteiger partial charge on any atom is 0.188 e. The summed E-state index contributed by atoms with van der Waals surface area (Å²) in [5.74, 6) is 1.31. The average Bonchev–Trinajstić information content (AvgIpc) is 2.76. The van der Waals surface area contributed by atoms with Gasteiger partial charge in [-0.1, -0.05) is 0 Å². The number of nitrogens with zero attached hydrogens (tertiary/aromatic N) is 1. The van der Waals surface area contributed by atoms with E-state index in [-0.39, 0.29) is 19.4 Å². The monoisotopic (exact) mass is 721 g/mol. The van der Waals surface area contributed by atoms with Crippen molar-refractivity contribution in [3.8, 4) is 11.5 Å². The van der Waals surface area contributed by atoms with Crippen LogP contribution in [0.4, 0.5) is 0 Å². The number of methoxy groups -OCH3 is 2. The zero-order chi connectivity index (χ0) is 24.8. The van der Waals surface area contributed by atoms with Crippen molar-refractivity contribution in [1.29, 1.82) is 0 Å². The number of benzene rings is 2. The van der Waals surface area contributed by atoms with Crippen molar-refractivity contribution < 1.29 is 23.7 Å². The normalized spacial score (nSPS) is 17.0. The summed E-state index contributed by atoms with van der Waals surface area (Å²) in [5, 5.41) is 0. The highest BCUT2D eigenvalue weighted by molar-refractivity contribution is 9.11. The average molecular weight is 725 g/mol. The molecule has 10 heteroatoms. The van der Waals surface area contributed by atoms with Crippen LogP contribution in [0.2, 0.25) is 0 Å². The molecule has 0 aliphatic carbocycles. The Morgan fingerprint density at radius 2 is 1.12 bits per heavy atom. The Kier molecular flexibility index (Phi) is 10.4. The Balaban J connectivity index is 1.90. The quantitative estimate of drug-likeness (QED) is 0.224. The number of halogens is 4. The number of hydrogen-bond donors (Lipinski definition) is 0. The van der Waals surface area contributed by atoms with Crippen LogP contribution in [-0.4, -0.2) is 58.6 Å². The number of carbonyl (C=O) groups excluding carboxylic acids is 1. The third-order valence-corrected chi connectivity index (χ3v) is 7.19. The standard InChI is InChI=1S/C24H23Br4NO5/c1-29-10-16(4-14-6-18(25)23(19(26)7-14)33-12-31-2)22(30)17(11-29)5-15-8-20(27)24(21(28)9-15)34-13-32-3/h4-9H,10-13H2,1-3H3/b16-4+,17-5+. The van der Waals surface area contributed by atoms with Crippen molar-refractivity contribution in [3.05, 3.63) is 64.4 Å². The highest BCUT2D eigenvalue weighted by Crippen LogP contribution is 2.37. The fraction of sp³-hybridized carbons (Fsp3) is 0.292. The molecule has 1 aliphatic rings. The van der Waals surface area contributed by atoms with Gasteiger partial charge in [0.2, 0.25) is 0 Å². The molecule has 1 aliphatic heterocycles. The van der Waals surface area contributed by atoms with Gasteiger partial charge in [-0.15, -0.1) is 0 Å². The van der Waals surface area contributed by atoms with E-state index in [0.29, 0.717) is 35.7 Å². The molecule has 34 heavy (non-hydrogen) atoms. The smallest absolute Gasteiger partial charge is 0.188 e. The van der Waals surface area contributed by atoms with Gasteiger partial charge in [0.1, 0.15) is 0 Å². The van der Waals surface area contributed by atoms with Gasteiger partial charge in [0.25, 0.3) is 0 Å². The maximum atomic E-state index is 13.3. The molecule has 0 amide bonds. The highest BCUT2D eigenvalue weighted by Gasteiger charge is 2.24. The summed E-state index contributed by atoms with van der Waals surface area (Å²) in [6.07, 6.45) is 3.82. The van der Waals surface area contributed by atoms with Crippen molar-refractivity contribution in [2.45, 2.75) is 0 Å². The third kappa shape index (κ3) is 7.02. The lowest BCUT2D eigenvalue weighted by molar-refractivity contribution is -0.113. The van der Waals surface area contributed by atoms with Gasteiger partial charge >= 0.3 is 0 Å². The van der Waals surface area contributed by atoms with Gasteiger partial charge in [0.05, 0.1) is 17.9 Å². The number of hydrogen-bond acceptors (Lipinski definition) is 6. The second-order valence-corrected chi connectivity index (χ2v) is 11.0. The van der Waals surface area contributed by atoms with Crippen molar-refractivity contribution >= 4 is 81.7 Å². The van der Waals surface area contributed by atoms with E-state index in [2.05, 4.69) is 68.6 Å². The minimum absolute atomic E-state index is 0.0250. The fourth-order valence-corrected chi connectivity index (χ4v) is 6.35. The first kappa shape index (κ1) is 27.6. The second kappa shape index (κ2) is 12.8. The zero-order valence-corrected chi connectivity index (χ0v) is 25.1. The summed E-state index contributed by atoms with van der Waals surface area (Å²) >= 11 is 14.2. The van der Waals surface area contributed by atoms with Crippen molar-refractivity contribution in [1.82, 2.24) is 4.90 Å². The van der Waals surface area contributed by atoms with Gasteiger partial charge in [-0.05, 0) is 118 Å². The first-order valence-corrected chi connectivity index (χ1v) is 13.3. The molecule has 1 fully saturated rings. The molecule has 1 heterocycles. The summed E-state index contributed by atoms with van der Waals surface area (Å²) in [4.78, 5) is 15.5. The summed E-state index contributed by atoms with van der Waals surface area (Å²) < 4.78 is 24.2. The van der Waals surface area contributed by atoms with E-state index in [1.54, 1.807) is 14.2 Å². The van der Waals surface area contributed by atoms with E-state index in [0.717, 1.165) is 29.0 Å². The molecule has 0 saturated carbocycles. The predicted octanol–water partition coefficient (Wildman–Crippen LogP) is 6.68. The van der Waals surface area contributed by atoms with Gasteiger partial charge in [-0.3, -0.25) is 9.69 Å². The molecule has 0 atom stereocenters. The minimum atomic E-state index is 0.0250. The van der Waals surface area contributed by atoms with Crippen LogP contribution >= 0.6 is 63.7 Å². The molecule has 2 aromatic carbocycles. The summed E-state index contributed by atoms with van der Waals surface area (Å²) in [7, 11) is 5.13. The number of likely N-dealkylation sites (N-methyl/N-ethyl adjacent to an activating group) is 1. The van der Waals surface area contributed by atoms with Crippen molar-refractivity contribution in [2.75, 3.05) is 47.9 Å². The van der Waals surface area contributed by atoms with Gasteiger partial charge in [0, 0.05) is 38.5 Å². The van der Waals surface area contributed by atoms with Crippen LogP contribution in [-0.2, 0) is 14.3 Å². The fourth-order valence-electron chi connectivity index (χ4n) is 3.45. The lowest BCUT2D eigenvalue weighted by atomic mass is 9.94. The van der Waals surface area contributed by atoms with E-state index in [1.165, 1.54) is 0 Å². The van der Waals surface area contributed by atoms with E-state index in [4.69, 9.17) is 18.9 Å². The van der Waals surface area contributed by atoms with Crippen LogP contribution in [0.1, 0.15) is 11.1 Å². The number of ether oxygens (including phenoxy) is 4. The van der Waals surface area contributed by atoms with Crippen LogP contribution in [0.3, 0.4) is 0 Å². The molecule has 0 unspecified atom stereocenters. The molecule has 0 bridgehead atoms. The lowest BCUT2D eigenvalue weighted by Gasteiger charge is -2.26. The molecule has 0 aromatic heterocycles. The Morgan fingerprint density at radius 3 is 1.44 bits per heavy atom. The SMILES string of the molecule is COCOc1c(Br)cc(/C=C2\CN(C)C/C(=C\c3cc(Br)c(OCOC)c(Br)c3)C2=O)cc1Br. The molecule has 6 nitrogen and oxygen atoms in total. The van der Waals surface area contributed by atoms with Gasteiger partial charge in [0.15, 0.2) is 30.9 Å². The number of Topliss-reactive ketones (excluding diaryl/α,β-unsaturated/α-hetero) is 1. The molecule has 0 N–H and O–H groups in total. The van der Waals surface area contributed by atoms with E-state index >= 15 is 0 Å². The minimum Gasteiger partial charge on any atom is -0.465 e. The second-order valence-electron chi connectivity index (χ2n) is 7.57. The number of likely N-dealkylation sites (tertiary alicyclic amines) is 1. The molecule has 0 radical (unpaired) electrons. The van der Waals surface area contributed by atoms with Gasteiger partial charge < -0.3 is 18.9 Å². The Hall–Kier alpha value is -1.01. The number of rotatable bonds is 8. The molecule has 2 aromatic rings. The van der Waals surface area contributed by atoms with Crippen LogP contribution in [0.15, 0.2) is 53.3 Å². The van der Waals surface area contributed by atoms with Crippen LogP contribution in [0, 0.1) is 0 Å². The number of carbonyl (C=O) groups is 1. The zero-order valence-electron chi connectivity index (χ0n) is 18.8. The van der Waals surface area contributed by atoms with Gasteiger partial charge in [-0.25, -0.2) is 0 Å². The van der Waals surface area contributed by atoms with Crippen molar-refractivity contribution in [3.63, 3.8) is 0 Å². The van der Waals surface area contributed by atoms with Gasteiger partial charge in [-0.2, -0.15) is 0 Å². The number of ketones is 1. The summed E-state index contributed by atoms with van der Waals surface area (Å²) in [6, 6.07) is 7.67. The molecular formula is C24H23Br4NO5. The van der Waals surface area contributed by atoms with Crippen molar-refractivity contribution in [2.24, 2.45) is 0 Å². The maximum absolute atomic E-state index is 13.3. The Bertz CT molecular complexity index is 1000. The Morgan fingerprint density at radius 1 is 0.765 bits per heavy atom. The summed E-state index contributed by atoms with van der Waals surface area (Å²) in [5.41, 5.74) is 3.18. The van der Waals surface area contributed by atoms with Crippen LogP contribution < -0.4 is 9.47 Å². The third-order valence-electron chi connectivity index (χ3n) is 4.83. The molecule has 3 rings (SSSR count). The molecular weight excluding hydrogens is 702 g/mol. The largest absolute Gasteiger partial charge is 0.465 e. The van der Waals surface area contributed by atoms with E-state index in [9.17, 15) is 4.79 Å². The van der Waals surface area contributed by atoms with Crippen LogP contribution in [0.5, 0.6) is 11.5 Å². The van der Waals surface area contributed by atoms with E-state index in [1.807, 2.05) is 43.5 Å². The first-order chi connectivity index (χ1) is 16.2. The number of piperidine rings is 1. The topological polar surface area (TPSA) is 57.2 Å². The predicted molar refractivity (Wildman–Crippen MR) is 147 cm³/mol. The molecule has 1 saturated heterocycles. The highest BCUT2D eigenvalue weighted by atomic mass is 79.9. The van der Waals surface area contributed by atoms with E-state index < -0.39 is 0 Å². The lowest BCUT2D eigenvalue weighted by Crippen LogP contribution is -2.34. The first-order valence-electron chi connectivity index (χ1n) is 10.1.